The Bertz CT molecular complexity index is 1460. The Morgan fingerprint density at radius 2 is 1.83 bits per heavy atom. The van der Waals surface area contributed by atoms with Crippen molar-refractivity contribution in [2.75, 3.05) is 0 Å². The summed E-state index contributed by atoms with van der Waals surface area (Å²) in [6.07, 6.45) is -0.233. The Morgan fingerprint density at radius 3 is 2.57 bits per heavy atom. The predicted octanol–water partition coefficient (Wildman–Crippen LogP) is 4.08. The van der Waals surface area contributed by atoms with Crippen LogP contribution in [-0.4, -0.2) is 23.9 Å². The van der Waals surface area contributed by atoms with Crippen LogP contribution < -0.4 is 5.69 Å². The lowest BCUT2D eigenvalue weighted by Crippen LogP contribution is -2.21. The van der Waals surface area contributed by atoms with Crippen LogP contribution >= 0.6 is 0 Å². The third kappa shape index (κ3) is 2.62. The van der Waals surface area contributed by atoms with E-state index in [9.17, 15) is 18.0 Å². The molecule has 3 heterocycles. The van der Waals surface area contributed by atoms with Crippen molar-refractivity contribution in [3.8, 4) is 11.4 Å². The molecule has 0 bridgehead atoms. The Balaban J connectivity index is 1.86. The summed E-state index contributed by atoms with van der Waals surface area (Å²) in [6.45, 7) is 0. The summed E-state index contributed by atoms with van der Waals surface area (Å²) in [6, 6.07) is 12.5. The van der Waals surface area contributed by atoms with E-state index in [0.717, 1.165) is 10.7 Å². The van der Waals surface area contributed by atoms with E-state index in [1.165, 1.54) is 33.7 Å². The van der Waals surface area contributed by atoms with E-state index in [2.05, 4.69) is 10.1 Å². The molecule has 9 heteroatoms. The fourth-order valence-corrected chi connectivity index (χ4v) is 3.69. The highest BCUT2D eigenvalue weighted by Gasteiger charge is 2.35. The lowest BCUT2D eigenvalue weighted by Gasteiger charge is -2.15. The predicted molar refractivity (Wildman–Crippen MR) is 106 cm³/mol. The molecule has 0 saturated carbocycles. The Kier molecular flexibility index (Phi) is 3.82. The Morgan fingerprint density at radius 1 is 1.03 bits per heavy atom. The molecule has 0 aliphatic heterocycles. The zero-order valence-corrected chi connectivity index (χ0v) is 15.6. The van der Waals surface area contributed by atoms with Crippen molar-refractivity contribution in [2.24, 2.45) is 7.05 Å². The first-order valence-corrected chi connectivity index (χ1v) is 9.03. The van der Waals surface area contributed by atoms with Crippen molar-refractivity contribution in [3.63, 3.8) is 0 Å². The van der Waals surface area contributed by atoms with Crippen molar-refractivity contribution in [1.29, 1.82) is 0 Å². The molecule has 0 atom stereocenters. The molecule has 5 rings (SSSR count). The number of benzene rings is 2. The summed E-state index contributed by atoms with van der Waals surface area (Å²) >= 11 is 0. The van der Waals surface area contributed by atoms with Gasteiger partial charge in [-0.2, -0.15) is 18.3 Å². The SMILES string of the molecule is Cn1c(=O)n(-c2ccc(-n3cccn3)c(C(F)(F)F)c2)c2c3ccccc3ncc21. The van der Waals surface area contributed by atoms with Gasteiger partial charge in [-0.15, -0.1) is 0 Å². The van der Waals surface area contributed by atoms with Crippen LogP contribution in [0.4, 0.5) is 13.2 Å². The molecule has 0 saturated heterocycles. The molecule has 5 aromatic rings. The number of nitrogens with zero attached hydrogens (tertiary/aromatic N) is 5. The van der Waals surface area contributed by atoms with Gasteiger partial charge in [0, 0.05) is 24.8 Å². The smallest absolute Gasteiger partial charge is 0.293 e. The number of halogens is 3. The second kappa shape index (κ2) is 6.31. The first-order valence-electron chi connectivity index (χ1n) is 9.03. The number of rotatable bonds is 2. The number of hydrogen-bond donors (Lipinski definition) is 0. The third-order valence-electron chi connectivity index (χ3n) is 5.09. The van der Waals surface area contributed by atoms with Gasteiger partial charge < -0.3 is 0 Å². The van der Waals surface area contributed by atoms with Crippen LogP contribution in [0.15, 0.2) is 71.9 Å². The van der Waals surface area contributed by atoms with Crippen LogP contribution in [0, 0.1) is 0 Å². The summed E-state index contributed by atoms with van der Waals surface area (Å²) in [7, 11) is 1.57. The first kappa shape index (κ1) is 18.2. The van der Waals surface area contributed by atoms with Gasteiger partial charge in [0.25, 0.3) is 0 Å². The molecular weight excluding hydrogens is 395 g/mol. The number of para-hydroxylation sites is 1. The van der Waals surface area contributed by atoms with Crippen LogP contribution in [0.1, 0.15) is 5.56 Å². The number of fused-ring (bicyclic) bond motifs is 3. The number of alkyl halides is 3. The minimum atomic E-state index is -4.63. The minimum absolute atomic E-state index is 0.115. The van der Waals surface area contributed by atoms with Crippen LogP contribution in [-0.2, 0) is 13.2 Å². The first-order chi connectivity index (χ1) is 14.4. The van der Waals surface area contributed by atoms with Crippen LogP contribution in [0.2, 0.25) is 0 Å². The van der Waals surface area contributed by atoms with Gasteiger partial charge >= 0.3 is 11.9 Å². The highest BCUT2D eigenvalue weighted by molar-refractivity contribution is 6.03. The molecule has 0 aliphatic rings. The lowest BCUT2D eigenvalue weighted by molar-refractivity contribution is -0.137. The molecule has 0 aliphatic carbocycles. The van der Waals surface area contributed by atoms with Gasteiger partial charge in [0.15, 0.2) is 0 Å². The maximum absolute atomic E-state index is 13.9. The number of pyridine rings is 1. The molecule has 0 amide bonds. The summed E-state index contributed by atoms with van der Waals surface area (Å²) in [5.74, 6) is 0. The molecule has 30 heavy (non-hydrogen) atoms. The summed E-state index contributed by atoms with van der Waals surface area (Å²) in [4.78, 5) is 17.4. The molecule has 3 aromatic heterocycles. The van der Waals surface area contributed by atoms with Gasteiger partial charge in [-0.05, 0) is 30.3 Å². The summed E-state index contributed by atoms with van der Waals surface area (Å²) < 4.78 is 45.4. The van der Waals surface area contributed by atoms with E-state index < -0.39 is 17.4 Å². The second-order valence-corrected chi connectivity index (χ2v) is 6.84. The zero-order valence-electron chi connectivity index (χ0n) is 15.6. The molecule has 0 N–H and O–H groups in total. The second-order valence-electron chi connectivity index (χ2n) is 6.84. The van der Waals surface area contributed by atoms with E-state index in [-0.39, 0.29) is 11.4 Å². The van der Waals surface area contributed by atoms with Crippen molar-refractivity contribution in [3.05, 3.63) is 83.2 Å². The van der Waals surface area contributed by atoms with Crippen molar-refractivity contribution < 1.29 is 13.2 Å². The van der Waals surface area contributed by atoms with Gasteiger partial charge in [-0.1, -0.05) is 18.2 Å². The molecule has 0 unspecified atom stereocenters. The molecule has 0 spiro atoms. The average molecular weight is 409 g/mol. The number of hydrogen-bond acceptors (Lipinski definition) is 3. The van der Waals surface area contributed by atoms with E-state index in [0.29, 0.717) is 21.9 Å². The maximum Gasteiger partial charge on any atom is 0.418 e. The maximum atomic E-state index is 13.9. The summed E-state index contributed by atoms with van der Waals surface area (Å²) in [5, 5.41) is 4.59. The molecular formula is C21H14F3N5O. The van der Waals surface area contributed by atoms with Crippen LogP contribution in [0.3, 0.4) is 0 Å². The normalized spacial score (nSPS) is 12.1. The molecule has 0 fully saturated rings. The summed E-state index contributed by atoms with van der Waals surface area (Å²) in [5.41, 5.74) is 0.348. The average Bonchev–Trinajstić information content (AvgIpc) is 3.35. The van der Waals surface area contributed by atoms with Gasteiger partial charge in [0.2, 0.25) is 0 Å². The van der Waals surface area contributed by atoms with E-state index >= 15 is 0 Å². The zero-order chi connectivity index (χ0) is 21.0. The van der Waals surface area contributed by atoms with E-state index in [1.54, 1.807) is 37.5 Å². The van der Waals surface area contributed by atoms with Crippen molar-refractivity contribution in [1.82, 2.24) is 23.9 Å². The molecule has 150 valence electrons. The molecule has 0 radical (unpaired) electrons. The highest BCUT2D eigenvalue weighted by Crippen LogP contribution is 2.35. The van der Waals surface area contributed by atoms with Crippen molar-refractivity contribution in [2.45, 2.75) is 6.18 Å². The van der Waals surface area contributed by atoms with Crippen molar-refractivity contribution >= 4 is 21.9 Å². The topological polar surface area (TPSA) is 57.6 Å². The number of imidazole rings is 1. The Hall–Kier alpha value is -3.88. The largest absolute Gasteiger partial charge is 0.418 e. The van der Waals surface area contributed by atoms with Crippen LogP contribution in [0.5, 0.6) is 0 Å². The fraction of sp³-hybridized carbons (Fsp3) is 0.0952. The highest BCUT2D eigenvalue weighted by atomic mass is 19.4. The van der Waals surface area contributed by atoms with E-state index in [1.807, 2.05) is 6.07 Å². The quantitative estimate of drug-likeness (QED) is 0.442. The Labute approximate surface area is 167 Å². The minimum Gasteiger partial charge on any atom is -0.293 e. The van der Waals surface area contributed by atoms with Gasteiger partial charge in [-0.25, -0.2) is 9.48 Å². The molecule has 6 nitrogen and oxygen atoms in total. The van der Waals surface area contributed by atoms with E-state index in [4.69, 9.17) is 0 Å². The lowest BCUT2D eigenvalue weighted by atomic mass is 10.1. The van der Waals surface area contributed by atoms with Gasteiger partial charge in [0.1, 0.15) is 0 Å². The number of aryl methyl sites for hydroxylation is 1. The monoisotopic (exact) mass is 409 g/mol. The van der Waals surface area contributed by atoms with Crippen LogP contribution in [0.25, 0.3) is 33.3 Å². The van der Waals surface area contributed by atoms with Gasteiger partial charge in [0.05, 0.1) is 39.7 Å². The molecule has 2 aromatic carbocycles. The third-order valence-corrected chi connectivity index (χ3v) is 5.09. The van der Waals surface area contributed by atoms with Gasteiger partial charge in [-0.3, -0.25) is 14.1 Å². The standard InChI is InChI=1S/C21H14F3N5O/c1-27-18-12-25-16-6-3-2-5-14(16)19(18)29(20(27)30)13-7-8-17(28-10-4-9-26-28)15(11-13)21(22,23)24/h2-12H,1H3. The number of aromatic nitrogens is 5. The fourth-order valence-electron chi connectivity index (χ4n) is 3.69.